The maximum Gasteiger partial charge on any atom is 0.165 e. The summed E-state index contributed by atoms with van der Waals surface area (Å²) in [4.78, 5) is 0. The van der Waals surface area contributed by atoms with Gasteiger partial charge in [-0.15, -0.1) is 0 Å². The molecule has 0 radical (unpaired) electrons. The first kappa shape index (κ1) is 12.3. The Labute approximate surface area is 82.9 Å². The van der Waals surface area contributed by atoms with Crippen LogP contribution in [0.4, 0.5) is 8.78 Å². The zero-order valence-corrected chi connectivity index (χ0v) is 7.89. The fraction of sp³-hybridized carbons (Fsp3) is 0. The molecule has 0 bridgehead atoms. The first-order valence-corrected chi connectivity index (χ1v) is 3.90. The SMILES string of the molecule is C=C/C=C\C(=C)C(=C)/C(F)=C(/F)C=C. The van der Waals surface area contributed by atoms with Gasteiger partial charge in [0.1, 0.15) is 0 Å². The second kappa shape index (κ2) is 5.86. The summed E-state index contributed by atoms with van der Waals surface area (Å²) < 4.78 is 25.8. The van der Waals surface area contributed by atoms with Gasteiger partial charge in [0.2, 0.25) is 0 Å². The fourth-order valence-corrected chi connectivity index (χ4v) is 0.660. The lowest BCUT2D eigenvalue weighted by molar-refractivity contribution is 0.567. The van der Waals surface area contributed by atoms with Gasteiger partial charge in [0.05, 0.1) is 0 Å². The zero-order valence-electron chi connectivity index (χ0n) is 7.89. The van der Waals surface area contributed by atoms with Gasteiger partial charge < -0.3 is 0 Å². The molecule has 0 unspecified atom stereocenters. The van der Waals surface area contributed by atoms with Crippen molar-refractivity contribution in [3.63, 3.8) is 0 Å². The molecule has 0 rings (SSSR count). The van der Waals surface area contributed by atoms with Crippen LogP contribution in [0.25, 0.3) is 0 Å². The quantitative estimate of drug-likeness (QED) is 0.576. The van der Waals surface area contributed by atoms with Gasteiger partial charge in [0.25, 0.3) is 0 Å². The smallest absolute Gasteiger partial charge is 0.165 e. The third-order valence-corrected chi connectivity index (χ3v) is 1.47. The van der Waals surface area contributed by atoms with E-state index < -0.39 is 11.7 Å². The molecule has 0 aromatic carbocycles. The Bertz CT molecular complexity index is 330. The van der Waals surface area contributed by atoms with Crippen molar-refractivity contribution in [2.45, 2.75) is 0 Å². The molecule has 0 saturated heterocycles. The van der Waals surface area contributed by atoms with E-state index in [2.05, 4.69) is 26.3 Å². The Hall–Kier alpha value is -1.70. The Kier molecular flexibility index (Phi) is 5.15. The van der Waals surface area contributed by atoms with Crippen LogP contribution in [0.1, 0.15) is 0 Å². The van der Waals surface area contributed by atoms with Crippen LogP contribution in [0.2, 0.25) is 0 Å². The molecule has 0 nitrogen and oxygen atoms in total. The first-order chi connectivity index (χ1) is 6.54. The van der Waals surface area contributed by atoms with Gasteiger partial charge in [-0.25, -0.2) is 8.78 Å². The number of hydrogen-bond donors (Lipinski definition) is 0. The molecule has 74 valence electrons. The molecule has 0 aromatic rings. The molecule has 0 atom stereocenters. The minimum Gasteiger partial charge on any atom is -0.204 e. The van der Waals surface area contributed by atoms with Gasteiger partial charge in [0.15, 0.2) is 11.7 Å². The summed E-state index contributed by atoms with van der Waals surface area (Å²) in [5.41, 5.74) is 0.194. The van der Waals surface area contributed by atoms with Crippen molar-refractivity contribution in [3.8, 4) is 0 Å². The molecular formula is C12H12F2. The van der Waals surface area contributed by atoms with E-state index >= 15 is 0 Å². The lowest BCUT2D eigenvalue weighted by Crippen LogP contribution is -1.86. The molecule has 0 amide bonds. The van der Waals surface area contributed by atoms with E-state index in [0.717, 1.165) is 6.08 Å². The summed E-state index contributed by atoms with van der Waals surface area (Å²) in [6.07, 6.45) is 5.34. The average molecular weight is 194 g/mol. The molecule has 0 aromatic heterocycles. The minimum atomic E-state index is -1.04. The monoisotopic (exact) mass is 194 g/mol. The van der Waals surface area contributed by atoms with E-state index in [1.54, 1.807) is 6.08 Å². The molecule has 0 fully saturated rings. The molecule has 0 heterocycles. The number of hydrogen-bond acceptors (Lipinski definition) is 0. The Balaban J connectivity index is 4.80. The Morgan fingerprint density at radius 1 is 1.07 bits per heavy atom. The third-order valence-electron chi connectivity index (χ3n) is 1.47. The van der Waals surface area contributed by atoms with Gasteiger partial charge in [-0.2, -0.15) is 0 Å². The third kappa shape index (κ3) is 3.35. The number of rotatable bonds is 5. The zero-order chi connectivity index (χ0) is 11.1. The molecule has 14 heavy (non-hydrogen) atoms. The van der Waals surface area contributed by atoms with Crippen LogP contribution in [-0.4, -0.2) is 0 Å². The van der Waals surface area contributed by atoms with E-state index in [4.69, 9.17) is 0 Å². The summed E-state index contributed by atoms with van der Waals surface area (Å²) >= 11 is 0. The van der Waals surface area contributed by atoms with Crippen LogP contribution >= 0.6 is 0 Å². The second-order valence-electron chi connectivity index (χ2n) is 2.46. The molecule has 0 aliphatic carbocycles. The van der Waals surface area contributed by atoms with Gasteiger partial charge in [-0.3, -0.25) is 0 Å². The van der Waals surface area contributed by atoms with Gasteiger partial charge >= 0.3 is 0 Å². The molecule has 0 aliphatic heterocycles. The molecule has 0 saturated carbocycles. The molecule has 2 heteroatoms. The number of allylic oxidation sites excluding steroid dienone is 8. The van der Waals surface area contributed by atoms with E-state index in [0.29, 0.717) is 5.57 Å². The highest BCUT2D eigenvalue weighted by Gasteiger charge is 2.08. The topological polar surface area (TPSA) is 0 Å². The molecule has 0 spiro atoms. The second-order valence-corrected chi connectivity index (χ2v) is 2.46. The van der Waals surface area contributed by atoms with Crippen molar-refractivity contribution in [3.05, 3.63) is 73.4 Å². The van der Waals surface area contributed by atoms with E-state index in [-0.39, 0.29) is 5.57 Å². The maximum atomic E-state index is 13.1. The van der Waals surface area contributed by atoms with Crippen LogP contribution < -0.4 is 0 Å². The van der Waals surface area contributed by atoms with Crippen molar-refractivity contribution >= 4 is 0 Å². The predicted octanol–water partition coefficient (Wildman–Crippen LogP) is 4.18. The van der Waals surface area contributed by atoms with Gasteiger partial charge in [-0.1, -0.05) is 44.5 Å². The Morgan fingerprint density at radius 2 is 1.64 bits per heavy atom. The predicted molar refractivity (Wildman–Crippen MR) is 57.1 cm³/mol. The van der Waals surface area contributed by atoms with Crippen molar-refractivity contribution in [2.24, 2.45) is 0 Å². The van der Waals surface area contributed by atoms with Crippen LogP contribution in [0.15, 0.2) is 73.4 Å². The van der Waals surface area contributed by atoms with E-state index in [1.165, 1.54) is 12.2 Å². The lowest BCUT2D eigenvalue weighted by atomic mass is 10.1. The van der Waals surface area contributed by atoms with E-state index in [9.17, 15) is 8.78 Å². The van der Waals surface area contributed by atoms with Crippen LogP contribution in [0.5, 0.6) is 0 Å². The fourth-order valence-electron chi connectivity index (χ4n) is 0.660. The average Bonchev–Trinajstić information content (AvgIpc) is 2.22. The Morgan fingerprint density at radius 3 is 2.07 bits per heavy atom. The molecule has 0 N–H and O–H groups in total. The maximum absolute atomic E-state index is 13.1. The summed E-state index contributed by atoms with van der Waals surface area (Å²) in [6.45, 7) is 13.4. The van der Waals surface area contributed by atoms with Gasteiger partial charge in [0, 0.05) is 5.57 Å². The number of halogens is 2. The van der Waals surface area contributed by atoms with Crippen molar-refractivity contribution in [2.75, 3.05) is 0 Å². The minimum absolute atomic E-state index is 0.0968. The highest BCUT2D eigenvalue weighted by Crippen LogP contribution is 2.22. The van der Waals surface area contributed by atoms with Crippen molar-refractivity contribution in [1.29, 1.82) is 0 Å². The first-order valence-electron chi connectivity index (χ1n) is 3.90. The summed E-state index contributed by atoms with van der Waals surface area (Å²) in [6, 6.07) is 0. The van der Waals surface area contributed by atoms with Crippen LogP contribution in [-0.2, 0) is 0 Å². The largest absolute Gasteiger partial charge is 0.204 e. The summed E-state index contributed by atoms with van der Waals surface area (Å²) in [7, 11) is 0. The van der Waals surface area contributed by atoms with Crippen LogP contribution in [0, 0.1) is 0 Å². The molecule has 0 aliphatic rings. The highest BCUT2D eigenvalue weighted by molar-refractivity contribution is 5.48. The molecular weight excluding hydrogens is 182 g/mol. The highest BCUT2D eigenvalue weighted by atomic mass is 19.2. The summed E-state index contributed by atoms with van der Waals surface area (Å²) in [5, 5.41) is 0. The van der Waals surface area contributed by atoms with Crippen molar-refractivity contribution < 1.29 is 8.78 Å². The lowest BCUT2D eigenvalue weighted by Gasteiger charge is -2.02. The van der Waals surface area contributed by atoms with Crippen molar-refractivity contribution in [1.82, 2.24) is 0 Å². The van der Waals surface area contributed by atoms with Gasteiger partial charge in [-0.05, 0) is 11.6 Å². The normalized spacial score (nSPS) is 12.1. The standard InChI is InChI=1S/C12H12F2/c1-5-7-8-9(3)10(4)12(14)11(13)6-2/h5-8H,1-4H2/b8-7-,12-11-. The van der Waals surface area contributed by atoms with Crippen LogP contribution in [0.3, 0.4) is 0 Å². The summed E-state index contributed by atoms with van der Waals surface area (Å²) in [5.74, 6) is -2.08. The van der Waals surface area contributed by atoms with E-state index in [1.807, 2.05) is 0 Å².